The van der Waals surface area contributed by atoms with Crippen molar-refractivity contribution in [3.8, 4) is 17.2 Å². The summed E-state index contributed by atoms with van der Waals surface area (Å²) in [5.74, 6) is 1.73. The minimum atomic E-state index is -0.285. The van der Waals surface area contributed by atoms with Gasteiger partial charge in [-0.05, 0) is 47.5 Å². The van der Waals surface area contributed by atoms with Crippen LogP contribution in [0.4, 0.5) is 0 Å². The Kier molecular flexibility index (Phi) is 4.62. The SMILES string of the molecule is Oc1ccccc1[C@H]1CC(c2ccc3c(c2)OCO3)=N[C@H](c2cccc(Cl)c2)N1. The molecule has 0 aromatic heterocycles. The Bertz CT molecular complexity index is 1100. The van der Waals surface area contributed by atoms with E-state index in [2.05, 4.69) is 5.32 Å². The maximum absolute atomic E-state index is 10.4. The molecule has 2 atom stereocenters. The third-order valence-electron chi connectivity index (χ3n) is 5.22. The normalized spacial score (nSPS) is 20.4. The summed E-state index contributed by atoms with van der Waals surface area (Å²) in [6, 6.07) is 20.8. The fraction of sp³-hybridized carbons (Fsp3) is 0.174. The van der Waals surface area contributed by atoms with E-state index in [0.29, 0.717) is 11.4 Å². The lowest BCUT2D eigenvalue weighted by atomic mass is 9.93. The number of aliphatic imine (C=N–C) groups is 1. The number of para-hydroxylation sites is 1. The van der Waals surface area contributed by atoms with E-state index in [0.717, 1.165) is 33.9 Å². The van der Waals surface area contributed by atoms with E-state index in [-0.39, 0.29) is 24.8 Å². The van der Waals surface area contributed by atoms with E-state index in [9.17, 15) is 5.11 Å². The van der Waals surface area contributed by atoms with Crippen LogP contribution in [-0.4, -0.2) is 17.6 Å². The van der Waals surface area contributed by atoms with Gasteiger partial charge in [0, 0.05) is 28.8 Å². The van der Waals surface area contributed by atoms with Gasteiger partial charge in [-0.25, -0.2) is 0 Å². The van der Waals surface area contributed by atoms with Gasteiger partial charge >= 0.3 is 0 Å². The summed E-state index contributed by atoms with van der Waals surface area (Å²) in [5, 5.41) is 14.6. The van der Waals surface area contributed by atoms with E-state index in [4.69, 9.17) is 26.1 Å². The van der Waals surface area contributed by atoms with Gasteiger partial charge < -0.3 is 14.6 Å². The summed E-state index contributed by atoms with van der Waals surface area (Å²) >= 11 is 6.21. The molecular formula is C23H19ClN2O3. The first-order valence-electron chi connectivity index (χ1n) is 9.43. The number of ether oxygens (including phenoxy) is 2. The summed E-state index contributed by atoms with van der Waals surface area (Å²) in [5.41, 5.74) is 3.71. The van der Waals surface area contributed by atoms with Gasteiger partial charge in [0.05, 0.1) is 0 Å². The van der Waals surface area contributed by atoms with Crippen molar-refractivity contribution in [2.24, 2.45) is 4.99 Å². The van der Waals surface area contributed by atoms with Crippen LogP contribution in [0.3, 0.4) is 0 Å². The molecule has 0 unspecified atom stereocenters. The van der Waals surface area contributed by atoms with Gasteiger partial charge in [0.15, 0.2) is 11.5 Å². The second-order valence-corrected chi connectivity index (χ2v) is 7.52. The first-order valence-corrected chi connectivity index (χ1v) is 9.81. The van der Waals surface area contributed by atoms with Crippen LogP contribution in [0.1, 0.15) is 35.3 Å². The van der Waals surface area contributed by atoms with Gasteiger partial charge in [-0.3, -0.25) is 10.3 Å². The second kappa shape index (κ2) is 7.43. The zero-order valence-electron chi connectivity index (χ0n) is 15.5. The number of fused-ring (bicyclic) bond motifs is 1. The van der Waals surface area contributed by atoms with Gasteiger partial charge in [-0.15, -0.1) is 0 Å². The van der Waals surface area contributed by atoms with Gasteiger partial charge in [-0.2, -0.15) is 0 Å². The first-order chi connectivity index (χ1) is 14.2. The fourth-order valence-electron chi connectivity index (χ4n) is 3.79. The Hall–Kier alpha value is -3.02. The molecular weight excluding hydrogens is 388 g/mol. The highest BCUT2D eigenvalue weighted by Crippen LogP contribution is 2.37. The van der Waals surface area contributed by atoms with Gasteiger partial charge in [0.1, 0.15) is 11.9 Å². The lowest BCUT2D eigenvalue weighted by Gasteiger charge is -2.31. The number of rotatable bonds is 3. The number of nitrogens with one attached hydrogen (secondary N) is 1. The Morgan fingerprint density at radius 3 is 2.69 bits per heavy atom. The smallest absolute Gasteiger partial charge is 0.231 e. The van der Waals surface area contributed by atoms with Crippen molar-refractivity contribution in [1.29, 1.82) is 0 Å². The molecule has 0 fully saturated rings. The molecule has 0 saturated carbocycles. The van der Waals surface area contributed by atoms with Crippen LogP contribution in [0.2, 0.25) is 5.02 Å². The molecule has 0 radical (unpaired) electrons. The van der Waals surface area contributed by atoms with Crippen LogP contribution in [0.25, 0.3) is 0 Å². The van der Waals surface area contributed by atoms with Crippen molar-refractivity contribution >= 4 is 17.3 Å². The van der Waals surface area contributed by atoms with Crippen molar-refractivity contribution in [1.82, 2.24) is 5.32 Å². The number of halogens is 1. The summed E-state index contributed by atoms with van der Waals surface area (Å²) in [6.45, 7) is 0.235. The summed E-state index contributed by atoms with van der Waals surface area (Å²) < 4.78 is 11.0. The van der Waals surface area contributed by atoms with Gasteiger partial charge in [-0.1, -0.05) is 41.9 Å². The molecule has 0 saturated heterocycles. The van der Waals surface area contributed by atoms with E-state index in [1.807, 2.05) is 60.7 Å². The largest absolute Gasteiger partial charge is 0.508 e. The van der Waals surface area contributed by atoms with E-state index < -0.39 is 0 Å². The molecule has 3 aromatic rings. The van der Waals surface area contributed by atoms with Crippen LogP contribution in [-0.2, 0) is 0 Å². The average Bonchev–Trinajstić information content (AvgIpc) is 3.22. The first kappa shape index (κ1) is 18.0. The molecule has 2 aliphatic heterocycles. The number of phenols is 1. The molecule has 5 rings (SSSR count). The molecule has 0 bridgehead atoms. The monoisotopic (exact) mass is 406 g/mol. The average molecular weight is 407 g/mol. The number of aromatic hydroxyl groups is 1. The standard InChI is InChI=1S/C23H19ClN2O3/c24-16-5-3-4-15(10-16)23-25-18(14-8-9-21-22(11-14)29-13-28-21)12-19(26-23)17-6-1-2-7-20(17)27/h1-11,19,23,26-27H,12-13H2/t19-,23+/m1/s1. The summed E-state index contributed by atoms with van der Waals surface area (Å²) in [4.78, 5) is 4.96. The molecule has 2 N–H and O–H groups in total. The quantitative estimate of drug-likeness (QED) is 0.642. The Labute approximate surface area is 173 Å². The lowest BCUT2D eigenvalue weighted by molar-refractivity contribution is 0.174. The van der Waals surface area contributed by atoms with Crippen LogP contribution in [0, 0.1) is 0 Å². The number of nitrogens with zero attached hydrogens (tertiary/aromatic N) is 1. The van der Waals surface area contributed by atoms with Crippen LogP contribution in [0.15, 0.2) is 71.7 Å². The predicted molar refractivity (Wildman–Crippen MR) is 112 cm³/mol. The van der Waals surface area contributed by atoms with Crippen molar-refractivity contribution in [2.75, 3.05) is 6.79 Å². The molecule has 5 nitrogen and oxygen atoms in total. The molecule has 0 aliphatic carbocycles. The van der Waals surface area contributed by atoms with Crippen LogP contribution < -0.4 is 14.8 Å². The summed E-state index contributed by atoms with van der Waals surface area (Å²) in [6.07, 6.45) is 0.348. The number of benzene rings is 3. The highest BCUT2D eigenvalue weighted by atomic mass is 35.5. The van der Waals surface area contributed by atoms with Crippen molar-refractivity contribution in [2.45, 2.75) is 18.6 Å². The third kappa shape index (κ3) is 3.55. The Morgan fingerprint density at radius 2 is 1.83 bits per heavy atom. The molecule has 0 spiro atoms. The highest BCUT2D eigenvalue weighted by Gasteiger charge is 2.28. The van der Waals surface area contributed by atoms with Crippen LogP contribution in [0.5, 0.6) is 17.2 Å². The van der Waals surface area contributed by atoms with Crippen molar-refractivity contribution < 1.29 is 14.6 Å². The number of hydrogen-bond acceptors (Lipinski definition) is 5. The number of hydrogen-bond donors (Lipinski definition) is 2. The Balaban J connectivity index is 1.57. The summed E-state index contributed by atoms with van der Waals surface area (Å²) in [7, 11) is 0. The van der Waals surface area contributed by atoms with Gasteiger partial charge in [0.2, 0.25) is 6.79 Å². The van der Waals surface area contributed by atoms with Gasteiger partial charge in [0.25, 0.3) is 0 Å². The fourth-order valence-corrected chi connectivity index (χ4v) is 3.99. The highest BCUT2D eigenvalue weighted by molar-refractivity contribution is 6.30. The topological polar surface area (TPSA) is 63.1 Å². The van der Waals surface area contributed by atoms with E-state index >= 15 is 0 Å². The van der Waals surface area contributed by atoms with E-state index in [1.165, 1.54) is 0 Å². The zero-order valence-corrected chi connectivity index (χ0v) is 16.3. The zero-order chi connectivity index (χ0) is 19.8. The molecule has 2 heterocycles. The predicted octanol–water partition coefficient (Wildman–Crippen LogP) is 5.00. The van der Waals surface area contributed by atoms with Crippen molar-refractivity contribution in [3.63, 3.8) is 0 Å². The second-order valence-electron chi connectivity index (χ2n) is 7.08. The lowest BCUT2D eigenvalue weighted by Crippen LogP contribution is -2.33. The molecule has 6 heteroatoms. The third-order valence-corrected chi connectivity index (χ3v) is 5.46. The van der Waals surface area contributed by atoms with E-state index in [1.54, 1.807) is 6.07 Å². The molecule has 146 valence electrons. The molecule has 0 amide bonds. The minimum Gasteiger partial charge on any atom is -0.508 e. The molecule has 3 aromatic carbocycles. The number of phenolic OH excluding ortho intramolecular Hbond substituents is 1. The minimum absolute atomic E-state index is 0.0990. The van der Waals surface area contributed by atoms with Crippen LogP contribution >= 0.6 is 11.6 Å². The molecule has 2 aliphatic rings. The van der Waals surface area contributed by atoms with Crippen molar-refractivity contribution in [3.05, 3.63) is 88.4 Å². The molecule has 29 heavy (non-hydrogen) atoms. The maximum atomic E-state index is 10.4. The Morgan fingerprint density at radius 1 is 0.966 bits per heavy atom. The maximum Gasteiger partial charge on any atom is 0.231 e.